The van der Waals surface area contributed by atoms with Crippen LogP contribution in [0, 0.1) is 18.8 Å². The van der Waals surface area contributed by atoms with Crippen LogP contribution >= 0.6 is 11.6 Å². The number of hydrogen-bond donors (Lipinski definition) is 0. The predicted octanol–water partition coefficient (Wildman–Crippen LogP) is 4.26. The van der Waals surface area contributed by atoms with Crippen molar-refractivity contribution in [3.63, 3.8) is 0 Å². The van der Waals surface area contributed by atoms with Crippen LogP contribution in [0.1, 0.15) is 51.9 Å². The quantitative estimate of drug-likeness (QED) is 0.780. The fraction of sp³-hybridized carbons (Fsp3) is 0.750. The lowest BCUT2D eigenvalue weighted by molar-refractivity contribution is 0.295. The number of halogens is 1. The molecule has 0 aromatic carbocycles. The van der Waals surface area contributed by atoms with Crippen molar-refractivity contribution >= 4 is 17.4 Å². The summed E-state index contributed by atoms with van der Waals surface area (Å²) in [5.74, 6) is 3.29. The topological polar surface area (TPSA) is 29.0 Å². The fourth-order valence-corrected chi connectivity index (χ4v) is 3.31. The van der Waals surface area contributed by atoms with Crippen molar-refractivity contribution in [1.29, 1.82) is 0 Å². The first-order valence-corrected chi connectivity index (χ1v) is 8.11. The first-order chi connectivity index (χ1) is 9.43. The van der Waals surface area contributed by atoms with Gasteiger partial charge in [-0.05, 0) is 38.5 Å². The SMILES string of the molecule is CCCc1nc(Cl)c(C)c(N2CC(C)CC(C)C2C)n1. The van der Waals surface area contributed by atoms with E-state index in [1.807, 2.05) is 6.92 Å². The van der Waals surface area contributed by atoms with Gasteiger partial charge in [-0.15, -0.1) is 0 Å². The molecule has 0 radical (unpaired) electrons. The number of aromatic nitrogens is 2. The number of piperidine rings is 1. The molecule has 0 saturated carbocycles. The van der Waals surface area contributed by atoms with E-state index in [1.54, 1.807) is 0 Å². The van der Waals surface area contributed by atoms with Gasteiger partial charge in [-0.25, -0.2) is 9.97 Å². The Kier molecular flexibility index (Phi) is 4.90. The molecule has 3 atom stereocenters. The third-order valence-corrected chi connectivity index (χ3v) is 4.82. The summed E-state index contributed by atoms with van der Waals surface area (Å²) in [6, 6.07) is 0.505. The largest absolute Gasteiger partial charge is 0.353 e. The van der Waals surface area contributed by atoms with Crippen LogP contribution in [0.15, 0.2) is 0 Å². The Balaban J connectivity index is 2.39. The summed E-state index contributed by atoms with van der Waals surface area (Å²) in [6.45, 7) is 12.2. The molecule has 0 spiro atoms. The van der Waals surface area contributed by atoms with Gasteiger partial charge in [0.15, 0.2) is 0 Å². The van der Waals surface area contributed by atoms with Crippen molar-refractivity contribution in [3.8, 4) is 0 Å². The molecule has 1 aromatic heterocycles. The minimum absolute atomic E-state index is 0.505. The fourth-order valence-electron chi connectivity index (χ4n) is 3.13. The average Bonchev–Trinajstić information content (AvgIpc) is 2.38. The van der Waals surface area contributed by atoms with E-state index in [2.05, 4.69) is 37.6 Å². The molecule has 1 aromatic rings. The van der Waals surface area contributed by atoms with Gasteiger partial charge in [0.1, 0.15) is 16.8 Å². The second-order valence-electron chi connectivity index (χ2n) is 6.34. The molecule has 0 amide bonds. The van der Waals surface area contributed by atoms with Gasteiger partial charge in [0.05, 0.1) is 0 Å². The lowest BCUT2D eigenvalue weighted by Crippen LogP contribution is -2.46. The molecule has 2 rings (SSSR count). The van der Waals surface area contributed by atoms with E-state index in [-0.39, 0.29) is 0 Å². The zero-order chi connectivity index (χ0) is 14.9. The van der Waals surface area contributed by atoms with Crippen LogP contribution in [-0.2, 0) is 6.42 Å². The monoisotopic (exact) mass is 295 g/mol. The molecular formula is C16H26ClN3. The Morgan fingerprint density at radius 3 is 2.60 bits per heavy atom. The summed E-state index contributed by atoms with van der Waals surface area (Å²) in [6.07, 6.45) is 3.22. The van der Waals surface area contributed by atoms with E-state index in [9.17, 15) is 0 Å². The zero-order valence-electron chi connectivity index (χ0n) is 13.3. The highest BCUT2D eigenvalue weighted by Crippen LogP contribution is 2.33. The van der Waals surface area contributed by atoms with Gasteiger partial charge in [0, 0.05) is 24.6 Å². The van der Waals surface area contributed by atoms with Crippen molar-refractivity contribution in [2.45, 2.75) is 59.9 Å². The lowest BCUT2D eigenvalue weighted by Gasteiger charge is -2.42. The highest BCUT2D eigenvalue weighted by molar-refractivity contribution is 6.30. The van der Waals surface area contributed by atoms with Gasteiger partial charge >= 0.3 is 0 Å². The Labute approximate surface area is 127 Å². The number of rotatable bonds is 3. The smallest absolute Gasteiger partial charge is 0.137 e. The van der Waals surface area contributed by atoms with Crippen LogP contribution < -0.4 is 4.90 Å². The molecule has 1 fully saturated rings. The second-order valence-corrected chi connectivity index (χ2v) is 6.70. The van der Waals surface area contributed by atoms with Crippen molar-refractivity contribution in [3.05, 3.63) is 16.5 Å². The highest BCUT2D eigenvalue weighted by atomic mass is 35.5. The van der Waals surface area contributed by atoms with Crippen molar-refractivity contribution in [2.24, 2.45) is 11.8 Å². The second kappa shape index (κ2) is 6.30. The van der Waals surface area contributed by atoms with Gasteiger partial charge in [0.25, 0.3) is 0 Å². The molecule has 0 N–H and O–H groups in total. The van der Waals surface area contributed by atoms with Crippen molar-refractivity contribution in [2.75, 3.05) is 11.4 Å². The van der Waals surface area contributed by atoms with Crippen LogP contribution in [0.4, 0.5) is 5.82 Å². The summed E-state index contributed by atoms with van der Waals surface area (Å²) in [5, 5.41) is 0.608. The Bertz CT molecular complexity index is 475. The third-order valence-electron chi connectivity index (χ3n) is 4.45. The minimum atomic E-state index is 0.505. The van der Waals surface area contributed by atoms with Crippen LogP contribution in [-0.4, -0.2) is 22.6 Å². The molecule has 2 heterocycles. The van der Waals surface area contributed by atoms with E-state index in [4.69, 9.17) is 16.6 Å². The molecule has 1 saturated heterocycles. The molecule has 1 aliphatic heterocycles. The first kappa shape index (κ1) is 15.6. The van der Waals surface area contributed by atoms with Crippen LogP contribution in [0.3, 0.4) is 0 Å². The molecule has 1 aliphatic rings. The van der Waals surface area contributed by atoms with Gasteiger partial charge in [-0.1, -0.05) is 32.4 Å². The van der Waals surface area contributed by atoms with Crippen LogP contribution in [0.5, 0.6) is 0 Å². The van der Waals surface area contributed by atoms with Gasteiger partial charge < -0.3 is 4.90 Å². The molecule has 0 bridgehead atoms. The number of aryl methyl sites for hydroxylation is 1. The van der Waals surface area contributed by atoms with Gasteiger partial charge in [0.2, 0.25) is 0 Å². The number of anilines is 1. The first-order valence-electron chi connectivity index (χ1n) is 7.73. The maximum absolute atomic E-state index is 6.32. The molecule has 3 nitrogen and oxygen atoms in total. The van der Waals surface area contributed by atoms with E-state index >= 15 is 0 Å². The lowest BCUT2D eigenvalue weighted by atomic mass is 9.86. The predicted molar refractivity (Wildman–Crippen MR) is 85.5 cm³/mol. The molecule has 3 unspecified atom stereocenters. The van der Waals surface area contributed by atoms with E-state index in [1.165, 1.54) is 6.42 Å². The Morgan fingerprint density at radius 1 is 1.25 bits per heavy atom. The summed E-state index contributed by atoms with van der Waals surface area (Å²) in [4.78, 5) is 11.6. The molecule has 0 aliphatic carbocycles. The van der Waals surface area contributed by atoms with Crippen molar-refractivity contribution in [1.82, 2.24) is 9.97 Å². The maximum Gasteiger partial charge on any atom is 0.137 e. The number of nitrogens with zero attached hydrogens (tertiary/aromatic N) is 3. The molecule has 112 valence electrons. The van der Waals surface area contributed by atoms with Crippen LogP contribution in [0.25, 0.3) is 0 Å². The summed E-state index contributed by atoms with van der Waals surface area (Å²) in [5.41, 5.74) is 1.01. The zero-order valence-corrected chi connectivity index (χ0v) is 14.0. The maximum atomic E-state index is 6.32. The van der Waals surface area contributed by atoms with E-state index in [0.717, 1.165) is 36.6 Å². The summed E-state index contributed by atoms with van der Waals surface area (Å²) in [7, 11) is 0. The molecule has 4 heteroatoms. The van der Waals surface area contributed by atoms with Gasteiger partial charge in [-0.3, -0.25) is 0 Å². The molecule has 20 heavy (non-hydrogen) atoms. The third kappa shape index (κ3) is 3.08. The summed E-state index contributed by atoms with van der Waals surface area (Å²) >= 11 is 6.32. The van der Waals surface area contributed by atoms with E-state index < -0.39 is 0 Å². The van der Waals surface area contributed by atoms with Crippen LogP contribution in [0.2, 0.25) is 5.15 Å². The Hall–Kier alpha value is -0.830. The summed E-state index contributed by atoms with van der Waals surface area (Å²) < 4.78 is 0. The highest BCUT2D eigenvalue weighted by Gasteiger charge is 2.31. The van der Waals surface area contributed by atoms with Crippen molar-refractivity contribution < 1.29 is 0 Å². The van der Waals surface area contributed by atoms with E-state index in [0.29, 0.717) is 23.0 Å². The molecular weight excluding hydrogens is 270 g/mol. The minimum Gasteiger partial charge on any atom is -0.353 e. The normalized spacial score (nSPS) is 26.9. The number of hydrogen-bond acceptors (Lipinski definition) is 3. The Morgan fingerprint density at radius 2 is 1.95 bits per heavy atom. The average molecular weight is 296 g/mol. The standard InChI is InChI=1S/C16H26ClN3/c1-6-7-14-18-15(17)12(4)16(19-14)20-9-10(2)8-11(3)13(20)5/h10-11,13H,6-9H2,1-5H3. The van der Waals surface area contributed by atoms with Gasteiger partial charge in [-0.2, -0.15) is 0 Å².